The molecule has 0 spiro atoms. The van der Waals surface area contributed by atoms with Crippen LogP contribution >= 0.6 is 11.3 Å². The van der Waals surface area contributed by atoms with Gasteiger partial charge in [-0.15, -0.1) is 11.3 Å². The van der Waals surface area contributed by atoms with Crippen molar-refractivity contribution in [2.75, 3.05) is 44.7 Å². The van der Waals surface area contributed by atoms with Gasteiger partial charge >= 0.3 is 0 Å². The number of carbonyl (C=O) groups excluding carboxylic acids is 1. The van der Waals surface area contributed by atoms with Crippen molar-refractivity contribution in [2.45, 2.75) is 39.8 Å². The number of carbonyl (C=O) groups is 1. The van der Waals surface area contributed by atoms with Crippen molar-refractivity contribution < 1.29 is 9.53 Å². The van der Waals surface area contributed by atoms with Crippen LogP contribution in [0, 0.1) is 6.92 Å². The highest BCUT2D eigenvalue weighted by Gasteiger charge is 2.22. The molecular formula is C22H32N4O2S. The lowest BCUT2D eigenvalue weighted by Gasteiger charge is -2.34. The highest BCUT2D eigenvalue weighted by molar-refractivity contribution is 7.15. The van der Waals surface area contributed by atoms with Gasteiger partial charge in [0.15, 0.2) is 5.13 Å². The summed E-state index contributed by atoms with van der Waals surface area (Å²) < 4.78 is 5.46. The smallest absolute Gasteiger partial charge is 0.240 e. The molecule has 1 aromatic carbocycles. The van der Waals surface area contributed by atoms with Crippen LogP contribution in [0.4, 0.5) is 5.13 Å². The van der Waals surface area contributed by atoms with Crippen LogP contribution in [0.15, 0.2) is 30.3 Å². The van der Waals surface area contributed by atoms with Gasteiger partial charge in [-0.25, -0.2) is 4.98 Å². The molecule has 7 heteroatoms. The zero-order valence-electron chi connectivity index (χ0n) is 17.7. The standard InChI is InChI=1S/C22H32N4O2S/c1-4-20-18(3)29-22(23-20)24-21(27)16-26(15-19-8-6-5-7-9-19)17(2)14-25-10-12-28-13-11-25/h5-9,17H,4,10-16H2,1-3H3,(H,23,24,27). The van der Waals surface area contributed by atoms with Crippen LogP contribution < -0.4 is 5.32 Å². The molecule has 6 nitrogen and oxygen atoms in total. The van der Waals surface area contributed by atoms with Gasteiger partial charge in [-0.1, -0.05) is 37.3 Å². The van der Waals surface area contributed by atoms with Crippen molar-refractivity contribution in [2.24, 2.45) is 0 Å². The van der Waals surface area contributed by atoms with Gasteiger partial charge in [0.05, 0.1) is 25.5 Å². The molecule has 0 bridgehead atoms. The number of amides is 1. The third kappa shape index (κ3) is 6.60. The molecule has 29 heavy (non-hydrogen) atoms. The number of aryl methyl sites for hydroxylation is 2. The van der Waals surface area contributed by atoms with Gasteiger partial charge in [0.1, 0.15) is 0 Å². The van der Waals surface area contributed by atoms with E-state index >= 15 is 0 Å². The molecule has 1 N–H and O–H groups in total. The predicted octanol–water partition coefficient (Wildman–Crippen LogP) is 3.18. The minimum Gasteiger partial charge on any atom is -0.379 e. The Labute approximate surface area is 177 Å². The molecule has 1 unspecified atom stereocenters. The number of anilines is 1. The largest absolute Gasteiger partial charge is 0.379 e. The summed E-state index contributed by atoms with van der Waals surface area (Å²) in [5.74, 6) is -0.00818. The van der Waals surface area contributed by atoms with Gasteiger partial charge in [0.2, 0.25) is 5.91 Å². The quantitative estimate of drug-likeness (QED) is 0.680. The molecule has 1 fully saturated rings. The third-order valence-corrected chi connectivity index (χ3v) is 6.23. The summed E-state index contributed by atoms with van der Waals surface area (Å²) in [5.41, 5.74) is 2.28. The second-order valence-corrected chi connectivity index (χ2v) is 8.78. The number of aromatic nitrogens is 1. The molecule has 0 saturated carbocycles. The minimum absolute atomic E-state index is 0.00818. The molecule has 1 saturated heterocycles. The molecule has 158 valence electrons. The van der Waals surface area contributed by atoms with Crippen LogP contribution in [0.3, 0.4) is 0 Å². The maximum absolute atomic E-state index is 12.8. The summed E-state index contributed by atoms with van der Waals surface area (Å²) >= 11 is 1.55. The van der Waals surface area contributed by atoms with E-state index in [-0.39, 0.29) is 11.9 Å². The summed E-state index contributed by atoms with van der Waals surface area (Å²) in [6, 6.07) is 10.6. The molecular weight excluding hydrogens is 384 g/mol. The molecule has 3 rings (SSSR count). The fourth-order valence-electron chi connectivity index (χ4n) is 3.61. The number of benzene rings is 1. The zero-order valence-corrected chi connectivity index (χ0v) is 18.5. The van der Waals surface area contributed by atoms with Crippen molar-refractivity contribution >= 4 is 22.4 Å². The summed E-state index contributed by atoms with van der Waals surface area (Å²) in [7, 11) is 0. The number of hydrogen-bond donors (Lipinski definition) is 1. The summed E-state index contributed by atoms with van der Waals surface area (Å²) in [6.45, 7) is 11.8. The Kier molecular flexibility index (Phi) is 8.18. The Bertz CT molecular complexity index is 774. The van der Waals surface area contributed by atoms with E-state index in [2.05, 4.69) is 53.0 Å². The van der Waals surface area contributed by atoms with Gasteiger partial charge in [-0.2, -0.15) is 0 Å². The Balaban J connectivity index is 1.64. The van der Waals surface area contributed by atoms with Crippen molar-refractivity contribution in [3.63, 3.8) is 0 Å². The zero-order chi connectivity index (χ0) is 20.6. The molecule has 0 radical (unpaired) electrons. The van der Waals surface area contributed by atoms with Crippen LogP contribution in [0.1, 0.15) is 30.0 Å². The van der Waals surface area contributed by atoms with Crippen LogP contribution in [-0.4, -0.2) is 66.1 Å². The van der Waals surface area contributed by atoms with E-state index in [0.717, 1.165) is 51.5 Å². The summed E-state index contributed by atoms with van der Waals surface area (Å²) in [4.78, 5) is 23.2. The normalized spacial score (nSPS) is 16.1. The Hall–Kier alpha value is -1.80. The lowest BCUT2D eigenvalue weighted by atomic mass is 10.1. The maximum atomic E-state index is 12.8. The van der Waals surface area contributed by atoms with E-state index in [9.17, 15) is 4.79 Å². The molecule has 1 aliphatic heterocycles. The van der Waals surface area contributed by atoms with Crippen LogP contribution in [0.25, 0.3) is 0 Å². The van der Waals surface area contributed by atoms with E-state index in [1.165, 1.54) is 10.4 Å². The topological polar surface area (TPSA) is 57.7 Å². The second kappa shape index (κ2) is 10.8. The molecule has 2 heterocycles. The average Bonchev–Trinajstić information content (AvgIpc) is 3.08. The van der Waals surface area contributed by atoms with Crippen molar-refractivity contribution in [1.29, 1.82) is 0 Å². The Morgan fingerprint density at radius 1 is 1.31 bits per heavy atom. The number of nitrogens with zero attached hydrogens (tertiary/aromatic N) is 3. The fraction of sp³-hybridized carbons (Fsp3) is 0.545. The van der Waals surface area contributed by atoms with Gasteiger partial charge < -0.3 is 10.1 Å². The lowest BCUT2D eigenvalue weighted by Crippen LogP contribution is -2.47. The van der Waals surface area contributed by atoms with E-state index in [0.29, 0.717) is 11.7 Å². The first-order chi connectivity index (χ1) is 14.0. The fourth-order valence-corrected chi connectivity index (χ4v) is 4.53. The molecule has 1 amide bonds. The van der Waals surface area contributed by atoms with Gasteiger partial charge in [0.25, 0.3) is 0 Å². The molecule has 2 aromatic rings. The summed E-state index contributed by atoms with van der Waals surface area (Å²) in [6.07, 6.45) is 0.884. The van der Waals surface area contributed by atoms with E-state index < -0.39 is 0 Å². The predicted molar refractivity (Wildman–Crippen MR) is 118 cm³/mol. The van der Waals surface area contributed by atoms with Crippen LogP contribution in [-0.2, 0) is 22.5 Å². The molecule has 0 aliphatic carbocycles. The van der Waals surface area contributed by atoms with E-state index in [1.807, 2.05) is 18.2 Å². The monoisotopic (exact) mass is 416 g/mol. The van der Waals surface area contributed by atoms with Gasteiger partial charge in [-0.3, -0.25) is 14.6 Å². The SMILES string of the molecule is CCc1nc(NC(=O)CN(Cc2ccccc2)C(C)CN2CCOCC2)sc1C. The first-order valence-electron chi connectivity index (χ1n) is 10.4. The van der Waals surface area contributed by atoms with Crippen molar-refractivity contribution in [3.8, 4) is 0 Å². The number of ether oxygens (including phenoxy) is 1. The first-order valence-corrected chi connectivity index (χ1v) is 11.2. The molecule has 1 aliphatic rings. The number of nitrogens with one attached hydrogen (secondary N) is 1. The van der Waals surface area contributed by atoms with Crippen molar-refractivity contribution in [3.05, 3.63) is 46.5 Å². The number of hydrogen-bond acceptors (Lipinski definition) is 6. The van der Waals surface area contributed by atoms with Gasteiger partial charge in [-0.05, 0) is 25.8 Å². The lowest BCUT2D eigenvalue weighted by molar-refractivity contribution is -0.118. The highest BCUT2D eigenvalue weighted by atomic mass is 32.1. The first kappa shape index (κ1) is 21.9. The molecule has 1 aromatic heterocycles. The van der Waals surface area contributed by atoms with E-state index in [4.69, 9.17) is 4.74 Å². The maximum Gasteiger partial charge on any atom is 0.240 e. The average molecular weight is 417 g/mol. The van der Waals surface area contributed by atoms with Crippen LogP contribution in [0.2, 0.25) is 0 Å². The highest BCUT2D eigenvalue weighted by Crippen LogP contribution is 2.22. The van der Waals surface area contributed by atoms with Crippen molar-refractivity contribution in [1.82, 2.24) is 14.8 Å². The number of morpholine rings is 1. The molecule has 1 atom stereocenters. The third-order valence-electron chi connectivity index (χ3n) is 5.30. The van der Waals surface area contributed by atoms with E-state index in [1.54, 1.807) is 11.3 Å². The Morgan fingerprint density at radius 3 is 2.69 bits per heavy atom. The minimum atomic E-state index is -0.00818. The Morgan fingerprint density at radius 2 is 2.03 bits per heavy atom. The number of rotatable bonds is 9. The second-order valence-electron chi connectivity index (χ2n) is 7.58. The van der Waals surface area contributed by atoms with Crippen LogP contribution in [0.5, 0.6) is 0 Å². The summed E-state index contributed by atoms with van der Waals surface area (Å²) in [5, 5.41) is 3.70. The number of thiazole rings is 1. The van der Waals surface area contributed by atoms with Gasteiger partial charge in [0, 0.05) is 37.1 Å².